The van der Waals surface area contributed by atoms with Crippen LogP contribution in [0.25, 0.3) is 11.2 Å². The minimum absolute atomic E-state index is 0.0115. The van der Waals surface area contributed by atoms with Crippen molar-refractivity contribution in [2.45, 2.75) is 25.6 Å². The highest BCUT2D eigenvalue weighted by Gasteiger charge is 2.22. The zero-order valence-electron chi connectivity index (χ0n) is 12.0. The SMILES string of the molecule is [CH2]C(C)[C@@]([CH2])(N)CCOCn1cnc2c(=O)nc(N)[nH]c21. The molecule has 8 nitrogen and oxygen atoms in total. The van der Waals surface area contributed by atoms with Gasteiger partial charge in [0.1, 0.15) is 12.4 Å². The Morgan fingerprint density at radius 1 is 1.62 bits per heavy atom. The molecule has 0 bridgehead atoms. The van der Waals surface area contributed by atoms with Crippen LogP contribution in [-0.2, 0) is 11.5 Å². The maximum absolute atomic E-state index is 11.6. The van der Waals surface area contributed by atoms with E-state index in [9.17, 15) is 4.79 Å². The molecule has 2 rings (SSSR count). The molecule has 1 unspecified atom stereocenters. The molecule has 2 aromatic heterocycles. The van der Waals surface area contributed by atoms with Crippen LogP contribution >= 0.6 is 0 Å². The second kappa shape index (κ2) is 5.82. The van der Waals surface area contributed by atoms with Crippen molar-refractivity contribution >= 4 is 17.1 Å². The Morgan fingerprint density at radius 2 is 2.33 bits per heavy atom. The van der Waals surface area contributed by atoms with Gasteiger partial charge in [-0.3, -0.25) is 9.36 Å². The fourth-order valence-corrected chi connectivity index (χ4v) is 1.75. The third-order valence-corrected chi connectivity index (χ3v) is 3.43. The highest BCUT2D eigenvalue weighted by molar-refractivity contribution is 5.70. The van der Waals surface area contributed by atoms with Crippen molar-refractivity contribution in [2.75, 3.05) is 12.3 Å². The van der Waals surface area contributed by atoms with Gasteiger partial charge in [0.25, 0.3) is 0 Å². The number of hydrogen-bond acceptors (Lipinski definition) is 6. The van der Waals surface area contributed by atoms with Gasteiger partial charge in [0.15, 0.2) is 5.52 Å². The maximum Gasteiger partial charge on any atom is 0.302 e. The van der Waals surface area contributed by atoms with Gasteiger partial charge < -0.3 is 21.2 Å². The Labute approximate surface area is 122 Å². The van der Waals surface area contributed by atoms with Gasteiger partial charge in [-0.05, 0) is 26.2 Å². The van der Waals surface area contributed by atoms with Crippen LogP contribution in [0.4, 0.5) is 5.95 Å². The molecule has 0 aliphatic rings. The zero-order chi connectivity index (χ0) is 15.6. The number of rotatable bonds is 6. The number of aromatic amines is 1. The fourth-order valence-electron chi connectivity index (χ4n) is 1.75. The van der Waals surface area contributed by atoms with Crippen LogP contribution < -0.4 is 17.0 Å². The van der Waals surface area contributed by atoms with Gasteiger partial charge in [-0.15, -0.1) is 0 Å². The molecule has 8 heteroatoms. The van der Waals surface area contributed by atoms with E-state index in [0.29, 0.717) is 18.7 Å². The van der Waals surface area contributed by atoms with Gasteiger partial charge in [-0.25, -0.2) is 4.98 Å². The maximum atomic E-state index is 11.6. The van der Waals surface area contributed by atoms with Crippen LogP contribution in [0, 0.1) is 19.8 Å². The summed E-state index contributed by atoms with van der Waals surface area (Å²) in [6.07, 6.45) is 2.07. The first-order chi connectivity index (χ1) is 9.81. The quantitative estimate of drug-likeness (QED) is 0.647. The van der Waals surface area contributed by atoms with Gasteiger partial charge in [0.2, 0.25) is 5.95 Å². The predicted octanol–water partition coefficient (Wildman–Crippen LogP) is 0.0678. The summed E-state index contributed by atoms with van der Waals surface area (Å²) in [6, 6.07) is 0. The van der Waals surface area contributed by atoms with Gasteiger partial charge >= 0.3 is 5.56 Å². The summed E-state index contributed by atoms with van der Waals surface area (Å²) in [4.78, 5) is 22.0. The first kappa shape index (κ1) is 15.5. The number of hydrogen-bond donors (Lipinski definition) is 3. The van der Waals surface area contributed by atoms with Crippen molar-refractivity contribution in [3.63, 3.8) is 0 Å². The molecule has 0 saturated carbocycles. The van der Waals surface area contributed by atoms with Crippen LogP contribution in [0.3, 0.4) is 0 Å². The first-order valence-corrected chi connectivity index (χ1v) is 6.57. The lowest BCUT2D eigenvalue weighted by molar-refractivity contribution is 0.0657. The molecule has 0 fully saturated rings. The standard InChI is InChI=1S/C13H20N6O2/c1-8(2)13(3,15)4-5-21-7-19-6-16-9-10(19)17-12(14)18-11(9)20/h6,8H,1,3-5,7,15H2,2H3,(H3,14,17,18,20)/t8?,13-/m0/s1. The van der Waals surface area contributed by atoms with Crippen molar-refractivity contribution in [2.24, 2.45) is 11.7 Å². The number of nitrogens with zero attached hydrogens (tertiary/aromatic N) is 3. The van der Waals surface area contributed by atoms with Gasteiger partial charge in [-0.2, -0.15) is 4.98 Å². The topological polar surface area (TPSA) is 125 Å². The highest BCUT2D eigenvalue weighted by atomic mass is 16.5. The molecular formula is C13H20N6O2. The summed E-state index contributed by atoms with van der Waals surface area (Å²) in [5.74, 6) is 0.0521. The van der Waals surface area contributed by atoms with E-state index >= 15 is 0 Å². The van der Waals surface area contributed by atoms with Crippen LogP contribution in [0.1, 0.15) is 13.3 Å². The Kier molecular flexibility index (Phi) is 4.29. The number of imidazole rings is 1. The summed E-state index contributed by atoms with van der Waals surface area (Å²) in [7, 11) is 0. The molecule has 0 aliphatic heterocycles. The number of nitrogens with one attached hydrogen (secondary N) is 1. The number of H-pyrrole nitrogens is 1. The molecule has 0 aromatic carbocycles. The van der Waals surface area contributed by atoms with Gasteiger partial charge in [-0.1, -0.05) is 6.92 Å². The van der Waals surface area contributed by atoms with Crippen molar-refractivity contribution < 1.29 is 4.74 Å². The van der Waals surface area contributed by atoms with Crippen molar-refractivity contribution in [1.82, 2.24) is 19.5 Å². The summed E-state index contributed by atoms with van der Waals surface area (Å²) >= 11 is 0. The summed E-state index contributed by atoms with van der Waals surface area (Å²) in [6.45, 7) is 10.4. The summed E-state index contributed by atoms with van der Waals surface area (Å²) in [5.41, 5.74) is 11.1. The lowest BCUT2D eigenvalue weighted by Crippen LogP contribution is -2.43. The average Bonchev–Trinajstić information content (AvgIpc) is 2.78. The normalized spacial score (nSPS) is 14.7. The first-order valence-electron chi connectivity index (χ1n) is 6.57. The predicted molar refractivity (Wildman–Crippen MR) is 79.9 cm³/mol. The highest BCUT2D eigenvalue weighted by Crippen LogP contribution is 2.16. The van der Waals surface area contributed by atoms with E-state index in [1.54, 1.807) is 4.57 Å². The minimum atomic E-state index is -0.625. The summed E-state index contributed by atoms with van der Waals surface area (Å²) in [5, 5.41) is 0. The summed E-state index contributed by atoms with van der Waals surface area (Å²) < 4.78 is 7.19. The van der Waals surface area contributed by atoms with Crippen molar-refractivity contribution in [1.29, 1.82) is 0 Å². The number of aromatic nitrogens is 4. The number of nitrogen functional groups attached to an aromatic ring is 1. The lowest BCUT2D eigenvalue weighted by Gasteiger charge is -2.28. The van der Waals surface area contributed by atoms with Crippen LogP contribution in [0.5, 0.6) is 0 Å². The second-order valence-corrected chi connectivity index (χ2v) is 5.26. The van der Waals surface area contributed by atoms with E-state index in [1.165, 1.54) is 6.33 Å². The Hall–Kier alpha value is -1.93. The molecule has 21 heavy (non-hydrogen) atoms. The molecule has 5 N–H and O–H groups in total. The van der Waals surface area contributed by atoms with Gasteiger partial charge in [0, 0.05) is 5.54 Å². The second-order valence-electron chi connectivity index (χ2n) is 5.26. The number of anilines is 1. The number of fused-ring (bicyclic) bond motifs is 1. The van der Waals surface area contributed by atoms with E-state index in [1.807, 2.05) is 6.92 Å². The van der Waals surface area contributed by atoms with Crippen LogP contribution in [0.2, 0.25) is 0 Å². The minimum Gasteiger partial charge on any atom is -0.369 e. The third-order valence-electron chi connectivity index (χ3n) is 3.43. The Balaban J connectivity index is 2.00. The van der Waals surface area contributed by atoms with Crippen LogP contribution in [0.15, 0.2) is 11.1 Å². The molecule has 2 atom stereocenters. The third kappa shape index (κ3) is 3.40. The van der Waals surface area contributed by atoms with Crippen molar-refractivity contribution in [3.05, 3.63) is 30.5 Å². The van der Waals surface area contributed by atoms with E-state index in [-0.39, 0.29) is 24.1 Å². The zero-order valence-corrected chi connectivity index (χ0v) is 12.0. The number of ether oxygens (including phenoxy) is 1. The molecule has 0 aliphatic carbocycles. The molecule has 0 spiro atoms. The molecule has 2 aromatic rings. The van der Waals surface area contributed by atoms with E-state index in [2.05, 4.69) is 28.8 Å². The molecular weight excluding hydrogens is 272 g/mol. The van der Waals surface area contributed by atoms with Crippen molar-refractivity contribution in [3.8, 4) is 0 Å². The fraction of sp³-hybridized carbons (Fsp3) is 0.462. The Bertz CT molecular complexity index is 673. The molecule has 0 amide bonds. The monoisotopic (exact) mass is 292 g/mol. The van der Waals surface area contributed by atoms with Crippen LogP contribution in [-0.4, -0.2) is 31.7 Å². The van der Waals surface area contributed by atoms with E-state index in [0.717, 1.165) is 0 Å². The Morgan fingerprint density at radius 3 is 3.00 bits per heavy atom. The smallest absolute Gasteiger partial charge is 0.302 e. The van der Waals surface area contributed by atoms with Gasteiger partial charge in [0.05, 0.1) is 12.9 Å². The lowest BCUT2D eigenvalue weighted by atomic mass is 9.87. The molecule has 0 saturated heterocycles. The molecule has 2 heterocycles. The molecule has 2 radical (unpaired) electrons. The average molecular weight is 292 g/mol. The molecule has 114 valence electrons. The largest absolute Gasteiger partial charge is 0.369 e. The van der Waals surface area contributed by atoms with E-state index < -0.39 is 11.1 Å². The van der Waals surface area contributed by atoms with E-state index in [4.69, 9.17) is 16.2 Å². The number of nitrogens with two attached hydrogens (primary N) is 2.